The predicted molar refractivity (Wildman–Crippen MR) is 90.0 cm³/mol. The van der Waals surface area contributed by atoms with E-state index in [1.807, 2.05) is 37.3 Å². The van der Waals surface area contributed by atoms with Crippen molar-refractivity contribution >= 4 is 28.5 Å². The van der Waals surface area contributed by atoms with Crippen LogP contribution in [0.3, 0.4) is 0 Å². The number of carbonyl (C=O) groups excluding carboxylic acids is 2. The average molecular weight is 324 g/mol. The minimum absolute atomic E-state index is 0.0799. The van der Waals surface area contributed by atoms with Gasteiger partial charge in [-0.05, 0) is 31.2 Å². The molecule has 6 heteroatoms. The van der Waals surface area contributed by atoms with Crippen molar-refractivity contribution in [2.75, 3.05) is 11.9 Å². The van der Waals surface area contributed by atoms with Crippen LogP contribution in [0.4, 0.5) is 5.69 Å². The number of nitrogens with one attached hydrogen (secondary N) is 1. The molecule has 0 unspecified atom stereocenters. The fraction of sp³-hybridized carbons (Fsp3) is 0.111. The van der Waals surface area contributed by atoms with Gasteiger partial charge in [-0.1, -0.05) is 29.8 Å². The fourth-order valence-corrected chi connectivity index (χ4v) is 2.35. The SMILES string of the molecule is Cc1ccc2oc(C(N)=O)c(NC(=O)COc3ccccc3)c2c1. The van der Waals surface area contributed by atoms with Crippen LogP contribution >= 0.6 is 0 Å². The molecule has 0 aliphatic heterocycles. The number of benzene rings is 2. The number of para-hydroxylation sites is 1. The van der Waals surface area contributed by atoms with Crippen molar-refractivity contribution < 1.29 is 18.7 Å². The van der Waals surface area contributed by atoms with E-state index in [9.17, 15) is 9.59 Å². The van der Waals surface area contributed by atoms with Gasteiger partial charge in [-0.25, -0.2) is 0 Å². The lowest BCUT2D eigenvalue weighted by Crippen LogP contribution is -2.22. The summed E-state index contributed by atoms with van der Waals surface area (Å²) in [6, 6.07) is 14.4. The maximum absolute atomic E-state index is 12.2. The molecule has 122 valence electrons. The lowest BCUT2D eigenvalue weighted by Gasteiger charge is -2.07. The number of ether oxygens (including phenoxy) is 1. The molecule has 2 amide bonds. The Hall–Kier alpha value is -3.28. The van der Waals surface area contributed by atoms with Gasteiger partial charge in [0, 0.05) is 5.39 Å². The van der Waals surface area contributed by atoms with Gasteiger partial charge < -0.3 is 20.2 Å². The monoisotopic (exact) mass is 324 g/mol. The summed E-state index contributed by atoms with van der Waals surface area (Å²) in [6.07, 6.45) is 0. The number of fused-ring (bicyclic) bond motifs is 1. The smallest absolute Gasteiger partial charge is 0.286 e. The number of nitrogens with two attached hydrogens (primary N) is 1. The number of aryl methyl sites for hydroxylation is 1. The van der Waals surface area contributed by atoms with Crippen LogP contribution < -0.4 is 15.8 Å². The van der Waals surface area contributed by atoms with E-state index in [0.717, 1.165) is 5.56 Å². The summed E-state index contributed by atoms with van der Waals surface area (Å²) in [7, 11) is 0. The van der Waals surface area contributed by atoms with Crippen LogP contribution in [0.1, 0.15) is 16.1 Å². The van der Waals surface area contributed by atoms with E-state index in [1.54, 1.807) is 18.2 Å². The summed E-state index contributed by atoms with van der Waals surface area (Å²) in [6.45, 7) is 1.71. The molecule has 0 aliphatic carbocycles. The molecule has 0 bridgehead atoms. The van der Waals surface area contributed by atoms with Gasteiger partial charge >= 0.3 is 0 Å². The maximum Gasteiger partial charge on any atom is 0.286 e. The molecule has 1 aromatic heterocycles. The summed E-state index contributed by atoms with van der Waals surface area (Å²) in [5.74, 6) is -0.659. The first-order valence-electron chi connectivity index (χ1n) is 7.35. The van der Waals surface area contributed by atoms with Gasteiger partial charge in [-0.3, -0.25) is 9.59 Å². The van der Waals surface area contributed by atoms with Gasteiger partial charge in [-0.15, -0.1) is 0 Å². The van der Waals surface area contributed by atoms with Gasteiger partial charge in [0.25, 0.3) is 11.8 Å². The number of rotatable bonds is 5. The zero-order valence-corrected chi connectivity index (χ0v) is 13.0. The molecule has 3 aromatic rings. The number of amides is 2. The number of furan rings is 1. The molecule has 0 fully saturated rings. The van der Waals surface area contributed by atoms with Crippen LogP contribution in [0.5, 0.6) is 5.75 Å². The molecule has 2 aromatic carbocycles. The molecule has 3 rings (SSSR count). The number of hydrogen-bond acceptors (Lipinski definition) is 4. The Kier molecular flexibility index (Phi) is 4.20. The largest absolute Gasteiger partial charge is 0.484 e. The van der Waals surface area contributed by atoms with Crippen molar-refractivity contribution in [2.45, 2.75) is 6.92 Å². The summed E-state index contributed by atoms with van der Waals surface area (Å²) >= 11 is 0. The number of primary amides is 1. The van der Waals surface area contributed by atoms with E-state index in [1.165, 1.54) is 0 Å². The molecule has 0 radical (unpaired) electrons. The highest BCUT2D eigenvalue weighted by molar-refractivity contribution is 6.10. The van der Waals surface area contributed by atoms with E-state index in [2.05, 4.69) is 5.32 Å². The summed E-state index contributed by atoms with van der Waals surface area (Å²) < 4.78 is 10.8. The van der Waals surface area contributed by atoms with E-state index >= 15 is 0 Å². The predicted octanol–water partition coefficient (Wildman–Crippen LogP) is 2.86. The van der Waals surface area contributed by atoms with E-state index in [-0.39, 0.29) is 18.1 Å². The summed E-state index contributed by atoms with van der Waals surface area (Å²) in [4.78, 5) is 23.7. The van der Waals surface area contributed by atoms with E-state index in [4.69, 9.17) is 14.9 Å². The molecular weight excluding hydrogens is 308 g/mol. The summed E-state index contributed by atoms with van der Waals surface area (Å²) in [5.41, 5.74) is 7.06. The van der Waals surface area contributed by atoms with Crippen molar-refractivity contribution in [3.05, 3.63) is 59.9 Å². The van der Waals surface area contributed by atoms with Gasteiger partial charge in [0.15, 0.2) is 6.61 Å². The first-order chi connectivity index (χ1) is 11.5. The van der Waals surface area contributed by atoms with Crippen molar-refractivity contribution in [3.63, 3.8) is 0 Å². The van der Waals surface area contributed by atoms with Crippen LogP contribution in [0.2, 0.25) is 0 Å². The lowest BCUT2D eigenvalue weighted by molar-refractivity contribution is -0.118. The third-order valence-corrected chi connectivity index (χ3v) is 3.44. The van der Waals surface area contributed by atoms with Gasteiger partial charge in [0.1, 0.15) is 17.0 Å². The Morgan fingerprint density at radius 3 is 2.62 bits per heavy atom. The topological polar surface area (TPSA) is 94.6 Å². The number of hydrogen-bond donors (Lipinski definition) is 2. The Morgan fingerprint density at radius 1 is 1.17 bits per heavy atom. The van der Waals surface area contributed by atoms with Gasteiger partial charge in [0.2, 0.25) is 5.76 Å². The maximum atomic E-state index is 12.2. The Labute approximate surface area is 138 Å². The minimum Gasteiger partial charge on any atom is -0.484 e. The molecule has 3 N–H and O–H groups in total. The second-order valence-corrected chi connectivity index (χ2v) is 5.32. The second kappa shape index (κ2) is 6.45. The first kappa shape index (κ1) is 15.6. The van der Waals surface area contributed by atoms with E-state index in [0.29, 0.717) is 16.7 Å². The van der Waals surface area contributed by atoms with Crippen LogP contribution in [0.25, 0.3) is 11.0 Å². The third-order valence-electron chi connectivity index (χ3n) is 3.44. The quantitative estimate of drug-likeness (QED) is 0.754. The highest BCUT2D eigenvalue weighted by atomic mass is 16.5. The van der Waals surface area contributed by atoms with Crippen LogP contribution in [-0.2, 0) is 4.79 Å². The minimum atomic E-state index is -0.747. The molecule has 0 aliphatic rings. The highest BCUT2D eigenvalue weighted by Crippen LogP contribution is 2.31. The van der Waals surface area contributed by atoms with Crippen molar-refractivity contribution in [2.24, 2.45) is 5.73 Å². The molecular formula is C18H16N2O4. The van der Waals surface area contributed by atoms with Crippen molar-refractivity contribution in [1.29, 1.82) is 0 Å². The third kappa shape index (κ3) is 3.22. The molecule has 0 atom stereocenters. The normalized spacial score (nSPS) is 10.5. The lowest BCUT2D eigenvalue weighted by atomic mass is 10.1. The number of carbonyl (C=O) groups is 2. The van der Waals surface area contributed by atoms with Crippen LogP contribution in [0, 0.1) is 6.92 Å². The molecule has 24 heavy (non-hydrogen) atoms. The van der Waals surface area contributed by atoms with Crippen LogP contribution in [-0.4, -0.2) is 18.4 Å². The molecule has 1 heterocycles. The molecule has 0 saturated heterocycles. The Balaban J connectivity index is 1.83. The standard InChI is InChI=1S/C18H16N2O4/c1-11-7-8-14-13(9-11)16(17(24-14)18(19)22)20-15(21)10-23-12-5-3-2-4-6-12/h2-9H,10H2,1H3,(H2,19,22)(H,20,21). The first-order valence-corrected chi connectivity index (χ1v) is 7.35. The van der Waals surface area contributed by atoms with Gasteiger partial charge in [0.05, 0.1) is 0 Å². The van der Waals surface area contributed by atoms with Gasteiger partial charge in [-0.2, -0.15) is 0 Å². The second-order valence-electron chi connectivity index (χ2n) is 5.32. The zero-order valence-electron chi connectivity index (χ0n) is 13.0. The molecule has 0 saturated carbocycles. The Morgan fingerprint density at radius 2 is 1.92 bits per heavy atom. The highest BCUT2D eigenvalue weighted by Gasteiger charge is 2.20. The van der Waals surface area contributed by atoms with Crippen molar-refractivity contribution in [3.8, 4) is 5.75 Å². The molecule has 6 nitrogen and oxygen atoms in total. The van der Waals surface area contributed by atoms with Crippen LogP contribution in [0.15, 0.2) is 52.9 Å². The van der Waals surface area contributed by atoms with E-state index < -0.39 is 11.8 Å². The Bertz CT molecular complexity index is 900. The van der Waals surface area contributed by atoms with Crippen molar-refractivity contribution in [1.82, 2.24) is 0 Å². The fourth-order valence-electron chi connectivity index (χ4n) is 2.35. The number of anilines is 1. The zero-order chi connectivity index (χ0) is 17.1. The summed E-state index contributed by atoms with van der Waals surface area (Å²) in [5, 5.41) is 3.28. The average Bonchev–Trinajstić information content (AvgIpc) is 2.92. The molecule has 0 spiro atoms.